The topological polar surface area (TPSA) is 58.6 Å². The lowest BCUT2D eigenvalue weighted by Crippen LogP contribution is -2.25. The first kappa shape index (κ1) is 10.5. The minimum Gasteiger partial charge on any atom is -0.497 e. The van der Waals surface area contributed by atoms with Crippen molar-refractivity contribution in [3.63, 3.8) is 0 Å². The van der Waals surface area contributed by atoms with Crippen LogP contribution in [-0.2, 0) is 4.79 Å². The predicted molar refractivity (Wildman–Crippen MR) is 57.0 cm³/mol. The highest BCUT2D eigenvalue weighted by atomic mass is 16.5. The third-order valence-electron chi connectivity index (χ3n) is 2.62. The van der Waals surface area contributed by atoms with E-state index in [2.05, 4.69) is 5.32 Å². The van der Waals surface area contributed by atoms with Crippen molar-refractivity contribution in [1.82, 2.24) is 10.2 Å². The van der Waals surface area contributed by atoms with Crippen LogP contribution in [-0.4, -0.2) is 31.0 Å². The quantitative estimate of drug-likeness (QED) is 0.754. The van der Waals surface area contributed by atoms with Gasteiger partial charge in [-0.15, -0.1) is 0 Å². The van der Waals surface area contributed by atoms with Crippen molar-refractivity contribution in [3.05, 3.63) is 29.8 Å². The van der Waals surface area contributed by atoms with Crippen LogP contribution in [0.5, 0.6) is 5.75 Å². The molecule has 1 fully saturated rings. The Labute approximate surface area is 93.0 Å². The Morgan fingerprint density at radius 1 is 1.25 bits per heavy atom. The number of hydrogen-bond donors (Lipinski definition) is 1. The van der Waals surface area contributed by atoms with Gasteiger partial charge in [0.25, 0.3) is 5.91 Å². The van der Waals surface area contributed by atoms with Gasteiger partial charge in [-0.3, -0.25) is 10.1 Å². The highest BCUT2D eigenvalue weighted by molar-refractivity contribution is 6.04. The van der Waals surface area contributed by atoms with E-state index < -0.39 is 6.04 Å². The predicted octanol–water partition coefficient (Wildman–Crippen LogP) is 0.918. The van der Waals surface area contributed by atoms with Crippen LogP contribution in [0, 0.1) is 0 Å². The molecule has 0 saturated carbocycles. The van der Waals surface area contributed by atoms with E-state index in [0.29, 0.717) is 0 Å². The molecule has 5 nitrogen and oxygen atoms in total. The van der Waals surface area contributed by atoms with Crippen LogP contribution in [0.4, 0.5) is 4.79 Å². The largest absolute Gasteiger partial charge is 0.497 e. The van der Waals surface area contributed by atoms with E-state index in [1.807, 2.05) is 0 Å². The highest BCUT2D eigenvalue weighted by Gasteiger charge is 2.36. The number of imide groups is 1. The Morgan fingerprint density at radius 3 is 2.31 bits per heavy atom. The number of nitrogens with zero attached hydrogens (tertiary/aromatic N) is 1. The Balaban J connectivity index is 2.29. The summed E-state index contributed by atoms with van der Waals surface area (Å²) in [5, 5.41) is 2.26. The molecule has 0 spiro atoms. The van der Waals surface area contributed by atoms with Gasteiger partial charge in [0.15, 0.2) is 0 Å². The molecule has 1 saturated heterocycles. The van der Waals surface area contributed by atoms with Crippen molar-refractivity contribution in [1.29, 1.82) is 0 Å². The second-order valence-corrected chi connectivity index (χ2v) is 3.58. The zero-order valence-corrected chi connectivity index (χ0v) is 9.06. The first-order valence-electron chi connectivity index (χ1n) is 4.85. The molecule has 1 atom stereocenters. The summed E-state index contributed by atoms with van der Waals surface area (Å²) >= 11 is 0. The summed E-state index contributed by atoms with van der Waals surface area (Å²) in [7, 11) is 3.17. The van der Waals surface area contributed by atoms with Crippen molar-refractivity contribution in [3.8, 4) is 5.75 Å². The summed E-state index contributed by atoms with van der Waals surface area (Å²) in [6.45, 7) is 0. The number of likely N-dealkylation sites (N-methyl/N-ethyl adjacent to an activating group) is 1. The maximum Gasteiger partial charge on any atom is 0.324 e. The van der Waals surface area contributed by atoms with Gasteiger partial charge in [-0.05, 0) is 17.7 Å². The summed E-state index contributed by atoms with van der Waals surface area (Å²) in [6.07, 6.45) is 0. The number of ether oxygens (including phenoxy) is 1. The fraction of sp³-hybridized carbons (Fsp3) is 0.273. The van der Waals surface area contributed by atoms with Gasteiger partial charge in [0, 0.05) is 7.05 Å². The van der Waals surface area contributed by atoms with Gasteiger partial charge < -0.3 is 9.64 Å². The Kier molecular flexibility index (Phi) is 2.52. The maximum atomic E-state index is 11.5. The number of benzene rings is 1. The van der Waals surface area contributed by atoms with Gasteiger partial charge in [0.2, 0.25) is 0 Å². The zero-order valence-electron chi connectivity index (χ0n) is 9.06. The van der Waals surface area contributed by atoms with Crippen LogP contribution in [0.2, 0.25) is 0 Å². The second kappa shape index (κ2) is 3.84. The molecule has 1 heterocycles. The first-order chi connectivity index (χ1) is 7.63. The number of hydrogen-bond acceptors (Lipinski definition) is 3. The number of methoxy groups -OCH3 is 1. The Bertz CT molecular complexity index is 427. The number of amides is 3. The lowest BCUT2D eigenvalue weighted by Gasteiger charge is -2.16. The molecule has 84 valence electrons. The highest BCUT2D eigenvalue weighted by Crippen LogP contribution is 2.25. The standard InChI is InChI=1S/C11H12N2O3/c1-13-9(10(14)12-11(13)15)7-3-5-8(16-2)6-4-7/h3-6,9H,1-2H3,(H,12,14,15). The lowest BCUT2D eigenvalue weighted by molar-refractivity contribution is -0.121. The van der Waals surface area contributed by atoms with Crippen LogP contribution >= 0.6 is 0 Å². The van der Waals surface area contributed by atoms with Crippen molar-refractivity contribution in [2.45, 2.75) is 6.04 Å². The Morgan fingerprint density at radius 2 is 1.88 bits per heavy atom. The van der Waals surface area contributed by atoms with E-state index in [9.17, 15) is 9.59 Å². The SMILES string of the molecule is COc1ccc(C2C(=O)NC(=O)N2C)cc1. The third kappa shape index (κ3) is 1.60. The van der Waals surface area contributed by atoms with E-state index in [-0.39, 0.29) is 11.9 Å². The molecule has 1 aromatic rings. The summed E-state index contributed by atoms with van der Waals surface area (Å²) in [5.74, 6) is 0.425. The van der Waals surface area contributed by atoms with Crippen LogP contribution < -0.4 is 10.1 Å². The summed E-state index contributed by atoms with van der Waals surface area (Å²) in [6, 6.07) is 6.17. The van der Waals surface area contributed by atoms with Gasteiger partial charge in [-0.2, -0.15) is 0 Å². The van der Waals surface area contributed by atoms with E-state index in [4.69, 9.17) is 4.74 Å². The van der Waals surface area contributed by atoms with Gasteiger partial charge in [0.05, 0.1) is 7.11 Å². The first-order valence-corrected chi connectivity index (χ1v) is 4.85. The molecule has 1 N–H and O–H groups in total. The molecule has 0 radical (unpaired) electrons. The fourth-order valence-corrected chi connectivity index (χ4v) is 1.72. The maximum absolute atomic E-state index is 11.5. The lowest BCUT2D eigenvalue weighted by atomic mass is 10.1. The van der Waals surface area contributed by atoms with Crippen LogP contribution in [0.15, 0.2) is 24.3 Å². The van der Waals surface area contributed by atoms with Crippen LogP contribution in [0.1, 0.15) is 11.6 Å². The molecule has 1 unspecified atom stereocenters. The van der Waals surface area contributed by atoms with Crippen molar-refractivity contribution < 1.29 is 14.3 Å². The Hall–Kier alpha value is -2.04. The average Bonchev–Trinajstić information content (AvgIpc) is 2.54. The molecule has 1 aliphatic rings. The molecule has 1 aliphatic heterocycles. The van der Waals surface area contributed by atoms with Gasteiger partial charge >= 0.3 is 6.03 Å². The number of nitrogens with one attached hydrogen (secondary N) is 1. The molecular weight excluding hydrogens is 208 g/mol. The van der Waals surface area contributed by atoms with Crippen LogP contribution in [0.25, 0.3) is 0 Å². The van der Waals surface area contributed by atoms with E-state index >= 15 is 0 Å². The van der Waals surface area contributed by atoms with Gasteiger partial charge in [-0.1, -0.05) is 12.1 Å². The molecular formula is C11H12N2O3. The normalized spacial score (nSPS) is 19.9. The van der Waals surface area contributed by atoms with E-state index in [0.717, 1.165) is 11.3 Å². The average molecular weight is 220 g/mol. The summed E-state index contributed by atoms with van der Waals surface area (Å²) < 4.78 is 5.03. The number of carbonyl (C=O) groups is 2. The van der Waals surface area contributed by atoms with E-state index in [1.54, 1.807) is 38.4 Å². The monoisotopic (exact) mass is 220 g/mol. The van der Waals surface area contributed by atoms with Crippen molar-refractivity contribution in [2.24, 2.45) is 0 Å². The minimum atomic E-state index is -0.543. The molecule has 2 rings (SSSR count). The zero-order chi connectivity index (χ0) is 11.7. The molecule has 0 bridgehead atoms. The summed E-state index contributed by atoms with van der Waals surface area (Å²) in [5.41, 5.74) is 0.770. The number of urea groups is 1. The second-order valence-electron chi connectivity index (χ2n) is 3.58. The molecule has 16 heavy (non-hydrogen) atoms. The fourth-order valence-electron chi connectivity index (χ4n) is 1.72. The van der Waals surface area contributed by atoms with E-state index in [1.165, 1.54) is 4.90 Å². The molecule has 3 amide bonds. The van der Waals surface area contributed by atoms with Crippen molar-refractivity contribution >= 4 is 11.9 Å². The number of carbonyl (C=O) groups excluding carboxylic acids is 2. The van der Waals surface area contributed by atoms with Gasteiger partial charge in [0.1, 0.15) is 11.8 Å². The molecule has 5 heteroatoms. The van der Waals surface area contributed by atoms with Gasteiger partial charge in [-0.25, -0.2) is 4.79 Å². The van der Waals surface area contributed by atoms with Crippen LogP contribution in [0.3, 0.4) is 0 Å². The third-order valence-corrected chi connectivity index (χ3v) is 2.62. The molecule has 0 aromatic heterocycles. The molecule has 1 aromatic carbocycles. The minimum absolute atomic E-state index is 0.294. The molecule has 0 aliphatic carbocycles. The summed E-state index contributed by atoms with van der Waals surface area (Å²) in [4.78, 5) is 24.2. The van der Waals surface area contributed by atoms with Crippen molar-refractivity contribution in [2.75, 3.05) is 14.2 Å². The smallest absolute Gasteiger partial charge is 0.324 e. The number of rotatable bonds is 2.